The number of para-hydroxylation sites is 1. The number of ether oxygens (including phenoxy) is 2. The van der Waals surface area contributed by atoms with Gasteiger partial charge >= 0.3 is 0 Å². The van der Waals surface area contributed by atoms with Gasteiger partial charge in [0.2, 0.25) is 0 Å². The number of hydrogen-bond acceptors (Lipinski definition) is 6. The van der Waals surface area contributed by atoms with Crippen molar-refractivity contribution in [1.29, 1.82) is 0 Å². The Morgan fingerprint density at radius 2 is 1.96 bits per heavy atom. The van der Waals surface area contributed by atoms with Crippen molar-refractivity contribution < 1.29 is 14.3 Å². The summed E-state index contributed by atoms with van der Waals surface area (Å²) in [5, 5.41) is 12.1. The average molecular weight is 353 g/mol. The van der Waals surface area contributed by atoms with Crippen molar-refractivity contribution in [3.8, 4) is 11.5 Å². The molecule has 0 radical (unpaired) electrons. The molecule has 3 rings (SSSR count). The molecular formula is C18H19N5O3. The van der Waals surface area contributed by atoms with E-state index >= 15 is 0 Å². The Morgan fingerprint density at radius 1 is 1.19 bits per heavy atom. The summed E-state index contributed by atoms with van der Waals surface area (Å²) in [4.78, 5) is 12.3. The Bertz CT molecular complexity index is 951. The molecular weight excluding hydrogens is 334 g/mol. The largest absolute Gasteiger partial charge is 0.493 e. The van der Waals surface area contributed by atoms with Crippen LogP contribution in [0, 0.1) is 0 Å². The molecule has 1 amide bonds. The first-order chi connectivity index (χ1) is 12.6. The van der Waals surface area contributed by atoms with Gasteiger partial charge in [0.1, 0.15) is 11.6 Å². The predicted molar refractivity (Wildman–Crippen MR) is 97.5 cm³/mol. The number of aromatic nitrogens is 3. The predicted octanol–water partition coefficient (Wildman–Crippen LogP) is 2.16. The van der Waals surface area contributed by atoms with Gasteiger partial charge in [0.05, 0.1) is 26.0 Å². The molecule has 1 aromatic heterocycles. The lowest BCUT2D eigenvalue weighted by molar-refractivity contribution is -0.124. The summed E-state index contributed by atoms with van der Waals surface area (Å²) < 4.78 is 12.0. The van der Waals surface area contributed by atoms with Crippen molar-refractivity contribution in [2.75, 3.05) is 14.2 Å². The van der Waals surface area contributed by atoms with Gasteiger partial charge in [-0.15, -0.1) is 5.10 Å². The molecule has 8 nitrogen and oxygen atoms in total. The molecule has 8 heteroatoms. The molecule has 0 spiro atoms. The second-order valence-corrected chi connectivity index (χ2v) is 5.55. The summed E-state index contributed by atoms with van der Waals surface area (Å²) in [6, 6.07) is 12.3. The number of carbonyl (C=O) groups is 1. The van der Waals surface area contributed by atoms with Crippen LogP contribution in [0.1, 0.15) is 18.5 Å². The lowest BCUT2D eigenvalue weighted by Gasteiger charge is -2.10. The summed E-state index contributed by atoms with van der Waals surface area (Å²) in [6.45, 7) is 1.74. The molecule has 0 aliphatic rings. The standard InChI is InChI=1S/C18H19N5O3/c1-12(23-15-7-5-4-6-14(15)20-22-23)18(24)21-19-11-13-8-9-16(25-2)17(10-13)26-3/h4-12H,1-3H3,(H,21,24)/b19-11+. The highest BCUT2D eigenvalue weighted by Crippen LogP contribution is 2.26. The molecule has 0 saturated carbocycles. The number of amides is 1. The molecule has 2 aromatic carbocycles. The highest BCUT2D eigenvalue weighted by atomic mass is 16.5. The zero-order valence-corrected chi connectivity index (χ0v) is 14.7. The molecule has 1 unspecified atom stereocenters. The first-order valence-corrected chi connectivity index (χ1v) is 7.99. The number of benzene rings is 2. The number of carbonyl (C=O) groups excluding carboxylic acids is 1. The first kappa shape index (κ1) is 17.4. The molecule has 0 aliphatic heterocycles. The van der Waals surface area contributed by atoms with Crippen LogP contribution in [-0.4, -0.2) is 41.3 Å². The van der Waals surface area contributed by atoms with Crippen LogP contribution in [-0.2, 0) is 4.79 Å². The van der Waals surface area contributed by atoms with Crippen LogP contribution in [0.3, 0.4) is 0 Å². The van der Waals surface area contributed by atoms with E-state index in [1.54, 1.807) is 38.0 Å². The highest BCUT2D eigenvalue weighted by molar-refractivity contribution is 5.85. The van der Waals surface area contributed by atoms with Crippen molar-refractivity contribution >= 4 is 23.2 Å². The van der Waals surface area contributed by atoms with Crippen LogP contribution in [0.4, 0.5) is 0 Å². The second-order valence-electron chi connectivity index (χ2n) is 5.55. The van der Waals surface area contributed by atoms with E-state index in [0.29, 0.717) is 11.5 Å². The molecule has 0 aliphatic carbocycles. The van der Waals surface area contributed by atoms with Crippen LogP contribution in [0.2, 0.25) is 0 Å². The van der Waals surface area contributed by atoms with E-state index < -0.39 is 6.04 Å². The van der Waals surface area contributed by atoms with E-state index in [0.717, 1.165) is 16.6 Å². The minimum atomic E-state index is -0.551. The Labute approximate surface area is 150 Å². The molecule has 26 heavy (non-hydrogen) atoms. The molecule has 1 atom stereocenters. The van der Waals surface area contributed by atoms with E-state index in [-0.39, 0.29) is 5.91 Å². The van der Waals surface area contributed by atoms with E-state index in [1.807, 2.05) is 30.3 Å². The first-order valence-electron chi connectivity index (χ1n) is 7.99. The highest BCUT2D eigenvalue weighted by Gasteiger charge is 2.18. The van der Waals surface area contributed by atoms with E-state index in [4.69, 9.17) is 9.47 Å². The molecule has 0 bridgehead atoms. The van der Waals surface area contributed by atoms with Gasteiger partial charge < -0.3 is 9.47 Å². The van der Waals surface area contributed by atoms with Gasteiger partial charge in [0.25, 0.3) is 5.91 Å². The Balaban J connectivity index is 1.69. The van der Waals surface area contributed by atoms with Crippen LogP contribution in [0.15, 0.2) is 47.6 Å². The van der Waals surface area contributed by atoms with Crippen LogP contribution in [0.5, 0.6) is 11.5 Å². The maximum absolute atomic E-state index is 12.3. The van der Waals surface area contributed by atoms with Gasteiger partial charge in [0, 0.05) is 0 Å². The summed E-state index contributed by atoms with van der Waals surface area (Å²) in [5.74, 6) is 0.919. The molecule has 134 valence electrons. The Hall–Kier alpha value is -3.42. The van der Waals surface area contributed by atoms with Crippen LogP contribution >= 0.6 is 0 Å². The van der Waals surface area contributed by atoms with Crippen molar-refractivity contribution in [2.24, 2.45) is 5.10 Å². The number of nitrogens with zero attached hydrogens (tertiary/aromatic N) is 4. The summed E-state index contributed by atoms with van der Waals surface area (Å²) in [7, 11) is 3.13. The van der Waals surface area contributed by atoms with Crippen LogP contribution < -0.4 is 14.9 Å². The van der Waals surface area contributed by atoms with Gasteiger partial charge in [0.15, 0.2) is 11.5 Å². The average Bonchev–Trinajstić information content (AvgIpc) is 3.11. The second kappa shape index (κ2) is 7.64. The Kier molecular flexibility index (Phi) is 5.12. The third-order valence-corrected chi connectivity index (χ3v) is 3.92. The summed E-state index contributed by atoms with van der Waals surface area (Å²) in [5.41, 5.74) is 4.81. The monoisotopic (exact) mass is 353 g/mol. The molecule has 0 fully saturated rings. The lowest BCUT2D eigenvalue weighted by atomic mass is 10.2. The van der Waals surface area contributed by atoms with Gasteiger partial charge in [-0.05, 0) is 42.8 Å². The van der Waals surface area contributed by atoms with E-state index in [1.165, 1.54) is 6.21 Å². The van der Waals surface area contributed by atoms with Gasteiger partial charge in [-0.2, -0.15) is 5.10 Å². The third kappa shape index (κ3) is 3.49. The Morgan fingerprint density at radius 3 is 2.73 bits per heavy atom. The maximum Gasteiger partial charge on any atom is 0.264 e. The number of rotatable bonds is 6. The smallest absolute Gasteiger partial charge is 0.264 e. The quantitative estimate of drug-likeness (QED) is 0.542. The fourth-order valence-corrected chi connectivity index (χ4v) is 2.48. The minimum absolute atomic E-state index is 0.294. The minimum Gasteiger partial charge on any atom is -0.493 e. The van der Waals surface area contributed by atoms with Crippen LogP contribution in [0.25, 0.3) is 11.0 Å². The van der Waals surface area contributed by atoms with Gasteiger partial charge in [-0.3, -0.25) is 4.79 Å². The maximum atomic E-state index is 12.3. The number of hydrogen-bond donors (Lipinski definition) is 1. The SMILES string of the molecule is COc1ccc(/C=N/NC(=O)C(C)n2nnc3ccccc32)cc1OC. The summed E-state index contributed by atoms with van der Waals surface area (Å²) in [6.07, 6.45) is 1.53. The molecule has 1 N–H and O–H groups in total. The molecule has 3 aromatic rings. The van der Waals surface area contributed by atoms with Gasteiger partial charge in [-0.1, -0.05) is 17.3 Å². The fourth-order valence-electron chi connectivity index (χ4n) is 2.48. The molecule has 1 heterocycles. The number of hydrazone groups is 1. The zero-order chi connectivity index (χ0) is 18.5. The summed E-state index contributed by atoms with van der Waals surface area (Å²) >= 11 is 0. The number of fused-ring (bicyclic) bond motifs is 1. The van der Waals surface area contributed by atoms with Gasteiger partial charge in [-0.25, -0.2) is 10.1 Å². The molecule has 0 saturated heterocycles. The van der Waals surface area contributed by atoms with E-state index in [2.05, 4.69) is 20.8 Å². The zero-order valence-electron chi connectivity index (χ0n) is 14.7. The fraction of sp³-hybridized carbons (Fsp3) is 0.222. The third-order valence-electron chi connectivity index (χ3n) is 3.92. The van der Waals surface area contributed by atoms with Crippen molar-refractivity contribution in [2.45, 2.75) is 13.0 Å². The van der Waals surface area contributed by atoms with E-state index in [9.17, 15) is 4.79 Å². The topological polar surface area (TPSA) is 90.6 Å². The lowest BCUT2D eigenvalue weighted by Crippen LogP contribution is -2.28. The number of methoxy groups -OCH3 is 2. The van der Waals surface area contributed by atoms with Crippen molar-refractivity contribution in [3.63, 3.8) is 0 Å². The normalized spacial score (nSPS) is 12.3. The van der Waals surface area contributed by atoms with Crippen molar-refractivity contribution in [1.82, 2.24) is 20.4 Å². The van der Waals surface area contributed by atoms with Crippen molar-refractivity contribution in [3.05, 3.63) is 48.0 Å². The number of nitrogens with one attached hydrogen (secondary N) is 1.